The Bertz CT molecular complexity index is 957. The van der Waals surface area contributed by atoms with Gasteiger partial charge in [0.25, 0.3) is 10.0 Å². The van der Waals surface area contributed by atoms with Crippen LogP contribution in [0.5, 0.6) is 0 Å². The van der Waals surface area contributed by atoms with Crippen LogP contribution < -0.4 is 9.44 Å². The minimum Gasteiger partial charge on any atom is -0.280 e. The van der Waals surface area contributed by atoms with Crippen molar-refractivity contribution in [1.29, 1.82) is 0 Å². The van der Waals surface area contributed by atoms with Crippen LogP contribution in [-0.2, 0) is 25.5 Å². The number of benzene rings is 2. The van der Waals surface area contributed by atoms with E-state index in [1.807, 2.05) is 0 Å². The Labute approximate surface area is 155 Å². The Morgan fingerprint density at radius 1 is 0.769 bits per heavy atom. The SMILES string of the molecule is CCNS(=O)(=O)c1ccc(NS(=O)(=O)c2ccc(C(C)(C)C)cc2)cc1. The van der Waals surface area contributed by atoms with Gasteiger partial charge in [0.2, 0.25) is 10.0 Å². The molecule has 0 radical (unpaired) electrons. The Balaban J connectivity index is 2.22. The molecule has 26 heavy (non-hydrogen) atoms. The average Bonchev–Trinajstić information content (AvgIpc) is 2.54. The maximum atomic E-state index is 12.5. The molecule has 0 saturated carbocycles. The van der Waals surface area contributed by atoms with Crippen LogP contribution in [-0.4, -0.2) is 23.4 Å². The third-order valence-corrected chi connectivity index (χ3v) is 6.74. The maximum Gasteiger partial charge on any atom is 0.261 e. The molecule has 0 aliphatic rings. The van der Waals surface area contributed by atoms with Crippen LogP contribution in [0.15, 0.2) is 58.3 Å². The highest BCUT2D eigenvalue weighted by Crippen LogP contribution is 2.24. The highest BCUT2D eigenvalue weighted by Gasteiger charge is 2.18. The molecule has 0 heterocycles. The fraction of sp³-hybridized carbons (Fsp3) is 0.333. The lowest BCUT2D eigenvalue weighted by Crippen LogP contribution is -2.23. The van der Waals surface area contributed by atoms with Crippen molar-refractivity contribution in [3.05, 3.63) is 54.1 Å². The van der Waals surface area contributed by atoms with Crippen LogP contribution in [0.1, 0.15) is 33.3 Å². The van der Waals surface area contributed by atoms with Crippen molar-refractivity contribution >= 4 is 25.7 Å². The monoisotopic (exact) mass is 396 g/mol. The largest absolute Gasteiger partial charge is 0.280 e. The lowest BCUT2D eigenvalue weighted by molar-refractivity contribution is 0.584. The van der Waals surface area contributed by atoms with Crippen molar-refractivity contribution in [1.82, 2.24) is 4.72 Å². The summed E-state index contributed by atoms with van der Waals surface area (Å²) in [5.74, 6) is 0. The van der Waals surface area contributed by atoms with E-state index in [0.29, 0.717) is 5.69 Å². The van der Waals surface area contributed by atoms with Crippen LogP contribution in [0.25, 0.3) is 0 Å². The van der Waals surface area contributed by atoms with E-state index in [1.54, 1.807) is 31.2 Å². The summed E-state index contributed by atoms with van der Waals surface area (Å²) in [6, 6.07) is 12.3. The van der Waals surface area contributed by atoms with Gasteiger partial charge in [0.15, 0.2) is 0 Å². The van der Waals surface area contributed by atoms with E-state index >= 15 is 0 Å². The minimum absolute atomic E-state index is 0.0659. The highest BCUT2D eigenvalue weighted by molar-refractivity contribution is 7.92. The molecular weight excluding hydrogens is 372 g/mol. The van der Waals surface area contributed by atoms with E-state index in [9.17, 15) is 16.8 Å². The first-order valence-corrected chi connectivity index (χ1v) is 11.2. The van der Waals surface area contributed by atoms with Gasteiger partial charge in [-0.2, -0.15) is 0 Å². The van der Waals surface area contributed by atoms with Crippen LogP contribution in [0.4, 0.5) is 5.69 Å². The predicted octanol–water partition coefficient (Wildman–Crippen LogP) is 3.08. The summed E-state index contributed by atoms with van der Waals surface area (Å²) in [6.07, 6.45) is 0. The van der Waals surface area contributed by atoms with E-state index in [2.05, 4.69) is 30.2 Å². The van der Waals surface area contributed by atoms with Crippen LogP contribution >= 0.6 is 0 Å². The quantitative estimate of drug-likeness (QED) is 0.785. The molecule has 2 rings (SSSR count). The van der Waals surface area contributed by atoms with Gasteiger partial charge in [-0.1, -0.05) is 39.8 Å². The molecule has 0 amide bonds. The molecule has 142 valence electrons. The second-order valence-electron chi connectivity index (χ2n) is 6.91. The van der Waals surface area contributed by atoms with Crippen molar-refractivity contribution in [2.45, 2.75) is 42.9 Å². The molecule has 0 atom stereocenters. The lowest BCUT2D eigenvalue weighted by Gasteiger charge is -2.19. The molecule has 2 N–H and O–H groups in total. The third-order valence-electron chi connectivity index (χ3n) is 3.78. The highest BCUT2D eigenvalue weighted by atomic mass is 32.2. The van der Waals surface area contributed by atoms with Gasteiger partial charge in [-0.25, -0.2) is 21.6 Å². The lowest BCUT2D eigenvalue weighted by atomic mass is 9.87. The van der Waals surface area contributed by atoms with Gasteiger partial charge in [0.05, 0.1) is 9.79 Å². The zero-order chi connectivity index (χ0) is 19.6. The third kappa shape index (κ3) is 4.84. The molecular formula is C18H24N2O4S2. The van der Waals surface area contributed by atoms with Crippen molar-refractivity contribution in [3.63, 3.8) is 0 Å². The van der Waals surface area contributed by atoms with E-state index < -0.39 is 20.0 Å². The molecule has 2 aromatic carbocycles. The smallest absolute Gasteiger partial charge is 0.261 e. The van der Waals surface area contributed by atoms with Crippen molar-refractivity contribution < 1.29 is 16.8 Å². The first-order chi connectivity index (χ1) is 12.0. The zero-order valence-electron chi connectivity index (χ0n) is 15.3. The first-order valence-electron chi connectivity index (χ1n) is 8.19. The van der Waals surface area contributed by atoms with E-state index in [1.165, 1.54) is 24.3 Å². The van der Waals surface area contributed by atoms with Crippen molar-refractivity contribution in [2.75, 3.05) is 11.3 Å². The summed E-state index contributed by atoms with van der Waals surface area (Å²) in [5.41, 5.74) is 1.26. The number of hydrogen-bond donors (Lipinski definition) is 2. The topological polar surface area (TPSA) is 92.3 Å². The second kappa shape index (κ2) is 7.38. The normalized spacial score (nSPS) is 12.8. The zero-order valence-corrected chi connectivity index (χ0v) is 16.9. The molecule has 0 saturated heterocycles. The van der Waals surface area contributed by atoms with Gasteiger partial charge >= 0.3 is 0 Å². The Morgan fingerprint density at radius 3 is 1.69 bits per heavy atom. The van der Waals surface area contributed by atoms with Gasteiger partial charge in [-0.3, -0.25) is 4.72 Å². The summed E-state index contributed by atoms with van der Waals surface area (Å²) in [5, 5.41) is 0. The van der Waals surface area contributed by atoms with Crippen LogP contribution in [0.2, 0.25) is 0 Å². The van der Waals surface area contributed by atoms with Gasteiger partial charge in [0.1, 0.15) is 0 Å². The standard InChI is InChI=1S/C18H24N2O4S2/c1-5-19-25(21,22)16-12-8-15(9-13-16)20-26(23,24)17-10-6-14(7-11-17)18(2,3)4/h6-13,19-20H,5H2,1-4H3. The number of nitrogens with one attached hydrogen (secondary N) is 2. The Morgan fingerprint density at radius 2 is 1.23 bits per heavy atom. The average molecular weight is 397 g/mol. The van der Waals surface area contributed by atoms with Crippen molar-refractivity contribution in [2.24, 2.45) is 0 Å². The van der Waals surface area contributed by atoms with E-state index in [0.717, 1.165) is 5.56 Å². The first kappa shape index (κ1) is 20.4. The summed E-state index contributed by atoms with van der Waals surface area (Å²) >= 11 is 0. The molecule has 8 heteroatoms. The fourth-order valence-electron chi connectivity index (χ4n) is 2.32. The van der Waals surface area contributed by atoms with Gasteiger partial charge < -0.3 is 0 Å². The Kier molecular flexibility index (Phi) is 5.79. The molecule has 0 aliphatic carbocycles. The second-order valence-corrected chi connectivity index (χ2v) is 10.4. The number of anilines is 1. The molecule has 0 spiro atoms. The number of sulfonamides is 2. The van der Waals surface area contributed by atoms with Crippen LogP contribution in [0.3, 0.4) is 0 Å². The van der Waals surface area contributed by atoms with Gasteiger partial charge in [0, 0.05) is 12.2 Å². The van der Waals surface area contributed by atoms with Crippen molar-refractivity contribution in [3.8, 4) is 0 Å². The minimum atomic E-state index is -3.75. The molecule has 0 fully saturated rings. The van der Waals surface area contributed by atoms with Crippen LogP contribution in [0, 0.1) is 0 Å². The summed E-state index contributed by atoms with van der Waals surface area (Å²) in [7, 11) is -7.32. The molecule has 0 aliphatic heterocycles. The fourth-order valence-corrected chi connectivity index (χ4v) is 4.42. The molecule has 6 nitrogen and oxygen atoms in total. The molecule has 0 bridgehead atoms. The van der Waals surface area contributed by atoms with Gasteiger partial charge in [-0.05, 0) is 47.4 Å². The number of rotatable bonds is 6. The molecule has 0 aromatic heterocycles. The van der Waals surface area contributed by atoms with E-state index in [4.69, 9.17) is 0 Å². The predicted molar refractivity (Wildman–Crippen MR) is 103 cm³/mol. The van der Waals surface area contributed by atoms with E-state index in [-0.39, 0.29) is 21.8 Å². The maximum absolute atomic E-state index is 12.5. The van der Waals surface area contributed by atoms with Gasteiger partial charge in [-0.15, -0.1) is 0 Å². The Hall–Kier alpha value is -1.90. The molecule has 2 aromatic rings. The molecule has 0 unspecified atom stereocenters. The number of hydrogen-bond acceptors (Lipinski definition) is 4. The summed E-state index contributed by atoms with van der Waals surface area (Å²) in [6.45, 7) is 8.12. The summed E-state index contributed by atoms with van der Waals surface area (Å²) in [4.78, 5) is 0.228. The summed E-state index contributed by atoms with van der Waals surface area (Å²) < 4.78 is 53.7.